The number of carboxylic acids is 1. The minimum absolute atomic E-state index is 0.0347. The quantitative estimate of drug-likeness (QED) is 0.186. The summed E-state index contributed by atoms with van der Waals surface area (Å²) in [6.45, 7) is 4.61. The highest BCUT2D eigenvalue weighted by molar-refractivity contribution is 5.94. The number of hydrogen-bond acceptors (Lipinski definition) is 7. The Morgan fingerprint density at radius 3 is 2.60 bits per heavy atom. The molecule has 1 aromatic rings. The number of H-pyrrole nitrogens is 1. The topological polar surface area (TPSA) is 197 Å². The van der Waals surface area contributed by atoms with Gasteiger partial charge in [0.05, 0.1) is 12.4 Å². The average molecular weight is 494 g/mol. The molecular weight excluding hydrogens is 454 g/mol. The van der Waals surface area contributed by atoms with E-state index in [4.69, 9.17) is 11.5 Å². The third-order valence-electron chi connectivity index (χ3n) is 6.55. The van der Waals surface area contributed by atoms with Crippen LogP contribution in [0.15, 0.2) is 12.5 Å². The predicted molar refractivity (Wildman–Crippen MR) is 129 cm³/mol. The maximum atomic E-state index is 13.5. The summed E-state index contributed by atoms with van der Waals surface area (Å²) in [7, 11) is 0. The number of likely N-dealkylation sites (tertiary alicyclic amines) is 1. The number of aliphatic carboxylic acids is 1. The lowest BCUT2D eigenvalue weighted by atomic mass is 9.98. The first-order valence-corrected chi connectivity index (χ1v) is 12.3. The van der Waals surface area contributed by atoms with E-state index in [1.165, 1.54) is 17.4 Å². The molecule has 5 atom stereocenters. The van der Waals surface area contributed by atoms with Gasteiger partial charge in [0.1, 0.15) is 18.1 Å². The molecule has 196 valence electrons. The lowest BCUT2D eigenvalue weighted by molar-refractivity contribution is -0.145. The highest BCUT2D eigenvalue weighted by atomic mass is 16.4. The minimum atomic E-state index is -1.19. The van der Waals surface area contributed by atoms with Crippen molar-refractivity contribution in [2.24, 2.45) is 17.4 Å². The number of hydrogen-bond donors (Lipinski definition) is 6. The van der Waals surface area contributed by atoms with Crippen LogP contribution in [-0.2, 0) is 25.6 Å². The van der Waals surface area contributed by atoms with Crippen LogP contribution < -0.4 is 22.1 Å². The van der Waals surface area contributed by atoms with Crippen molar-refractivity contribution in [2.75, 3.05) is 13.1 Å². The fourth-order valence-corrected chi connectivity index (χ4v) is 4.12. The van der Waals surface area contributed by atoms with Crippen LogP contribution >= 0.6 is 0 Å². The standard InChI is InChI=1S/C23H39N7O5/c1-3-14(2)19(25)21(32)28-16(7-4-5-9-24)22(33)30-10-6-8-18(30)20(31)29-17(23(34)35)11-15-12-26-13-27-15/h12-14,16-19H,3-11,24-25H2,1-2H3,(H,26,27)(H,28,32)(H,29,31)(H,34,35). The first-order valence-electron chi connectivity index (χ1n) is 12.3. The van der Waals surface area contributed by atoms with Crippen molar-refractivity contribution in [1.29, 1.82) is 0 Å². The lowest BCUT2D eigenvalue weighted by Gasteiger charge is -2.30. The summed E-state index contributed by atoms with van der Waals surface area (Å²) in [5, 5.41) is 14.9. The molecule has 0 saturated carbocycles. The van der Waals surface area contributed by atoms with E-state index in [2.05, 4.69) is 20.6 Å². The van der Waals surface area contributed by atoms with Crippen LogP contribution in [0.4, 0.5) is 0 Å². The maximum absolute atomic E-state index is 13.5. The molecule has 1 aliphatic heterocycles. The fourth-order valence-electron chi connectivity index (χ4n) is 4.12. The number of carboxylic acid groups (broad SMARTS) is 1. The average Bonchev–Trinajstić information content (AvgIpc) is 3.53. The molecule has 12 nitrogen and oxygen atoms in total. The van der Waals surface area contributed by atoms with E-state index in [0.29, 0.717) is 50.9 Å². The van der Waals surface area contributed by atoms with E-state index in [1.807, 2.05) is 13.8 Å². The van der Waals surface area contributed by atoms with Crippen molar-refractivity contribution in [3.63, 3.8) is 0 Å². The van der Waals surface area contributed by atoms with Crippen LogP contribution in [-0.4, -0.2) is 80.9 Å². The van der Waals surface area contributed by atoms with Crippen molar-refractivity contribution in [2.45, 2.75) is 83.0 Å². The van der Waals surface area contributed by atoms with E-state index in [9.17, 15) is 24.3 Å². The molecule has 0 radical (unpaired) electrons. The van der Waals surface area contributed by atoms with Gasteiger partial charge in [-0.05, 0) is 44.6 Å². The van der Waals surface area contributed by atoms with E-state index in [1.54, 1.807) is 0 Å². The molecule has 2 heterocycles. The zero-order valence-corrected chi connectivity index (χ0v) is 20.5. The van der Waals surface area contributed by atoms with Crippen molar-refractivity contribution in [3.8, 4) is 0 Å². The van der Waals surface area contributed by atoms with Crippen LogP contribution in [0.25, 0.3) is 0 Å². The van der Waals surface area contributed by atoms with E-state index in [0.717, 1.165) is 6.42 Å². The molecule has 1 aromatic heterocycles. The lowest BCUT2D eigenvalue weighted by Crippen LogP contribution is -2.57. The Morgan fingerprint density at radius 1 is 1.26 bits per heavy atom. The minimum Gasteiger partial charge on any atom is -0.480 e. The summed E-state index contributed by atoms with van der Waals surface area (Å²) in [5.74, 6) is -2.55. The van der Waals surface area contributed by atoms with Gasteiger partial charge in [-0.3, -0.25) is 14.4 Å². The molecule has 0 aliphatic carbocycles. The third-order valence-corrected chi connectivity index (χ3v) is 6.55. The Labute approximate surface area is 205 Å². The fraction of sp³-hybridized carbons (Fsp3) is 0.696. The van der Waals surface area contributed by atoms with Crippen molar-refractivity contribution < 1.29 is 24.3 Å². The maximum Gasteiger partial charge on any atom is 0.326 e. The normalized spacial score (nSPS) is 19.0. The zero-order chi connectivity index (χ0) is 26.0. The van der Waals surface area contributed by atoms with Gasteiger partial charge in [-0.1, -0.05) is 20.3 Å². The summed E-state index contributed by atoms with van der Waals surface area (Å²) in [6, 6.07) is -3.57. The second-order valence-corrected chi connectivity index (χ2v) is 9.13. The Hall–Kier alpha value is -2.99. The summed E-state index contributed by atoms with van der Waals surface area (Å²) in [4.78, 5) is 59.0. The Balaban J connectivity index is 2.11. The molecule has 5 unspecified atom stereocenters. The number of unbranched alkanes of at least 4 members (excludes halogenated alkanes) is 1. The smallest absolute Gasteiger partial charge is 0.326 e. The van der Waals surface area contributed by atoms with E-state index < -0.39 is 42.0 Å². The summed E-state index contributed by atoms with van der Waals surface area (Å²) in [5.41, 5.74) is 12.2. The largest absolute Gasteiger partial charge is 0.480 e. The van der Waals surface area contributed by atoms with Gasteiger partial charge >= 0.3 is 5.97 Å². The summed E-state index contributed by atoms with van der Waals surface area (Å²) >= 11 is 0. The summed E-state index contributed by atoms with van der Waals surface area (Å²) in [6.07, 6.45) is 6.37. The SMILES string of the molecule is CCC(C)C(N)C(=O)NC(CCCCN)C(=O)N1CCCC1C(=O)NC(Cc1cnc[nH]1)C(=O)O. The highest BCUT2D eigenvalue weighted by Crippen LogP contribution is 2.20. The number of carbonyl (C=O) groups excluding carboxylic acids is 3. The monoisotopic (exact) mass is 493 g/mol. The van der Waals surface area contributed by atoms with Gasteiger partial charge in [0.2, 0.25) is 17.7 Å². The van der Waals surface area contributed by atoms with Gasteiger partial charge in [0.15, 0.2) is 0 Å². The second kappa shape index (κ2) is 13.8. The zero-order valence-electron chi connectivity index (χ0n) is 20.5. The highest BCUT2D eigenvalue weighted by Gasteiger charge is 2.39. The first kappa shape index (κ1) is 28.2. The Morgan fingerprint density at radius 2 is 2.00 bits per heavy atom. The molecule has 8 N–H and O–H groups in total. The summed E-state index contributed by atoms with van der Waals surface area (Å²) < 4.78 is 0. The Kier molecular flexibility index (Phi) is 11.1. The number of aromatic nitrogens is 2. The number of nitrogens with one attached hydrogen (secondary N) is 3. The van der Waals surface area contributed by atoms with Gasteiger partial charge in [0, 0.05) is 24.9 Å². The first-order chi connectivity index (χ1) is 16.7. The van der Waals surface area contributed by atoms with Gasteiger partial charge in [-0.25, -0.2) is 9.78 Å². The van der Waals surface area contributed by atoms with Gasteiger partial charge < -0.3 is 37.1 Å². The number of nitrogens with two attached hydrogens (primary N) is 2. The molecule has 2 rings (SSSR count). The molecule has 12 heteroatoms. The molecule has 3 amide bonds. The third kappa shape index (κ3) is 8.03. The number of aromatic amines is 1. The predicted octanol–water partition coefficient (Wildman–Crippen LogP) is -0.500. The van der Waals surface area contributed by atoms with Crippen LogP contribution in [0.3, 0.4) is 0 Å². The molecular formula is C23H39N7O5. The number of carbonyl (C=O) groups is 4. The molecule has 0 bridgehead atoms. The molecule has 35 heavy (non-hydrogen) atoms. The van der Waals surface area contributed by atoms with Crippen LogP contribution in [0.2, 0.25) is 0 Å². The van der Waals surface area contributed by atoms with Crippen LogP contribution in [0, 0.1) is 5.92 Å². The Bertz CT molecular complexity index is 847. The molecule has 1 saturated heterocycles. The number of rotatable bonds is 14. The van der Waals surface area contributed by atoms with Crippen LogP contribution in [0.5, 0.6) is 0 Å². The second-order valence-electron chi connectivity index (χ2n) is 9.13. The van der Waals surface area contributed by atoms with Crippen LogP contribution in [0.1, 0.15) is 58.1 Å². The molecule has 0 spiro atoms. The molecule has 1 fully saturated rings. The van der Waals surface area contributed by atoms with Crippen molar-refractivity contribution in [3.05, 3.63) is 18.2 Å². The van der Waals surface area contributed by atoms with Crippen molar-refractivity contribution >= 4 is 23.7 Å². The van der Waals surface area contributed by atoms with Gasteiger partial charge in [-0.2, -0.15) is 0 Å². The van der Waals surface area contributed by atoms with Gasteiger partial charge in [0.25, 0.3) is 0 Å². The number of amides is 3. The van der Waals surface area contributed by atoms with E-state index in [-0.39, 0.29) is 18.2 Å². The van der Waals surface area contributed by atoms with E-state index >= 15 is 0 Å². The molecule has 0 aromatic carbocycles. The molecule has 1 aliphatic rings. The van der Waals surface area contributed by atoms with Crippen molar-refractivity contribution in [1.82, 2.24) is 25.5 Å². The number of imidazole rings is 1. The van der Waals surface area contributed by atoms with Gasteiger partial charge in [-0.15, -0.1) is 0 Å². The number of nitrogens with zero attached hydrogens (tertiary/aromatic N) is 2.